The summed E-state index contributed by atoms with van der Waals surface area (Å²) in [5, 5.41) is 0. The van der Waals surface area contributed by atoms with Crippen LogP contribution in [0.2, 0.25) is 19.6 Å². The zero-order chi connectivity index (χ0) is 7.33. The van der Waals surface area contributed by atoms with Crippen LogP contribution in [-0.2, 0) is 0 Å². The number of hydrogen-bond donors (Lipinski definition) is 0. The zero-order valence-corrected chi connectivity index (χ0v) is 7.60. The lowest BCUT2D eigenvalue weighted by Gasteiger charge is -2.02. The first-order valence-electron chi connectivity index (χ1n) is 3.19. The Bertz CT molecular complexity index is 128. The fourth-order valence-electron chi connectivity index (χ4n) is 0.256. The minimum atomic E-state index is -1.27. The topological polar surface area (TPSA) is 24.7 Å². The van der Waals surface area contributed by atoms with E-state index in [4.69, 9.17) is 0 Å². The van der Waals surface area contributed by atoms with Crippen LogP contribution in [0.15, 0.2) is 9.65 Å². The maximum absolute atomic E-state index is 4.17. The SMILES string of the molecule is CCN=C=N[Si](C)(C)C. The van der Waals surface area contributed by atoms with E-state index < -0.39 is 8.24 Å². The van der Waals surface area contributed by atoms with Crippen molar-refractivity contribution in [3.63, 3.8) is 0 Å². The number of nitrogens with zero attached hydrogens (tertiary/aromatic N) is 2. The van der Waals surface area contributed by atoms with Crippen molar-refractivity contribution in [2.75, 3.05) is 6.54 Å². The second kappa shape index (κ2) is 3.59. The predicted molar refractivity (Wildman–Crippen MR) is 43.8 cm³/mol. The van der Waals surface area contributed by atoms with E-state index in [0.29, 0.717) is 0 Å². The third-order valence-corrected chi connectivity index (χ3v) is 1.39. The monoisotopic (exact) mass is 142 g/mol. The molecule has 0 aromatic rings. The van der Waals surface area contributed by atoms with Crippen molar-refractivity contribution in [2.24, 2.45) is 9.65 Å². The summed E-state index contributed by atoms with van der Waals surface area (Å²) in [6, 6.07) is 2.69. The molecule has 0 atom stereocenters. The normalized spacial score (nSPS) is 10.2. The van der Waals surface area contributed by atoms with Gasteiger partial charge >= 0.3 is 0 Å². The van der Waals surface area contributed by atoms with Gasteiger partial charge in [-0.05, 0) is 26.6 Å². The Balaban J connectivity index is 3.84. The summed E-state index contributed by atoms with van der Waals surface area (Å²) in [5.74, 6) is 0. The summed E-state index contributed by atoms with van der Waals surface area (Å²) in [7, 11) is -1.27. The van der Waals surface area contributed by atoms with Gasteiger partial charge in [-0.1, -0.05) is 0 Å². The largest absolute Gasteiger partial charge is 0.267 e. The molecule has 0 spiro atoms. The van der Waals surface area contributed by atoms with Gasteiger partial charge in [0.15, 0.2) is 8.24 Å². The molecule has 0 rings (SSSR count). The first-order chi connectivity index (χ1) is 4.06. The Morgan fingerprint density at radius 2 is 1.89 bits per heavy atom. The van der Waals surface area contributed by atoms with E-state index in [-0.39, 0.29) is 0 Å². The van der Waals surface area contributed by atoms with E-state index in [1.807, 2.05) is 6.92 Å². The fourth-order valence-corrected chi connectivity index (χ4v) is 0.627. The van der Waals surface area contributed by atoms with Crippen molar-refractivity contribution in [3.8, 4) is 0 Å². The molecule has 2 nitrogen and oxygen atoms in total. The Labute approximate surface area is 57.8 Å². The van der Waals surface area contributed by atoms with Crippen molar-refractivity contribution in [2.45, 2.75) is 26.6 Å². The second-order valence-corrected chi connectivity index (χ2v) is 7.42. The summed E-state index contributed by atoms with van der Waals surface area (Å²) in [5.41, 5.74) is 0. The Morgan fingerprint density at radius 3 is 2.22 bits per heavy atom. The fraction of sp³-hybridized carbons (Fsp3) is 0.833. The molecule has 0 saturated carbocycles. The average Bonchev–Trinajstić information content (AvgIpc) is 1.63. The Kier molecular flexibility index (Phi) is 3.43. The van der Waals surface area contributed by atoms with Crippen LogP contribution in [0.1, 0.15) is 6.92 Å². The maximum Gasteiger partial charge on any atom is 0.186 e. The summed E-state index contributed by atoms with van der Waals surface area (Å²) in [6.45, 7) is 9.24. The number of aliphatic imine (C=N–C) groups is 1. The van der Waals surface area contributed by atoms with Crippen molar-refractivity contribution < 1.29 is 0 Å². The molecule has 0 aliphatic rings. The third-order valence-electron chi connectivity index (χ3n) is 0.614. The first kappa shape index (κ1) is 8.60. The van der Waals surface area contributed by atoms with E-state index >= 15 is 0 Å². The molecule has 52 valence electrons. The Morgan fingerprint density at radius 1 is 1.33 bits per heavy atom. The van der Waals surface area contributed by atoms with Crippen molar-refractivity contribution in [3.05, 3.63) is 0 Å². The van der Waals surface area contributed by atoms with E-state index in [1.165, 1.54) is 0 Å². The highest BCUT2D eigenvalue weighted by molar-refractivity contribution is 6.75. The van der Waals surface area contributed by atoms with Crippen molar-refractivity contribution >= 4 is 14.2 Å². The van der Waals surface area contributed by atoms with Gasteiger partial charge in [0, 0.05) is 6.54 Å². The highest BCUT2D eigenvalue weighted by Crippen LogP contribution is 1.98. The van der Waals surface area contributed by atoms with Gasteiger partial charge in [-0.25, -0.2) is 4.99 Å². The van der Waals surface area contributed by atoms with Crippen LogP contribution in [0, 0.1) is 0 Å². The summed E-state index contributed by atoms with van der Waals surface area (Å²) in [4.78, 5) is 3.88. The highest BCUT2D eigenvalue weighted by atomic mass is 28.3. The quantitative estimate of drug-likeness (QED) is 0.416. The molecular weight excluding hydrogens is 128 g/mol. The minimum Gasteiger partial charge on any atom is -0.267 e. The summed E-state index contributed by atoms with van der Waals surface area (Å²) in [6.07, 6.45) is 0. The molecule has 0 aliphatic carbocycles. The van der Waals surface area contributed by atoms with E-state index in [2.05, 4.69) is 35.3 Å². The molecule has 3 heteroatoms. The molecule has 0 saturated heterocycles. The molecule has 0 aliphatic heterocycles. The molecule has 0 bridgehead atoms. The van der Waals surface area contributed by atoms with Crippen LogP contribution in [0.4, 0.5) is 0 Å². The van der Waals surface area contributed by atoms with Crippen LogP contribution in [-0.4, -0.2) is 20.8 Å². The van der Waals surface area contributed by atoms with Crippen molar-refractivity contribution in [1.82, 2.24) is 0 Å². The van der Waals surface area contributed by atoms with Crippen LogP contribution in [0.3, 0.4) is 0 Å². The van der Waals surface area contributed by atoms with E-state index in [0.717, 1.165) is 6.54 Å². The number of rotatable bonds is 2. The molecule has 0 unspecified atom stereocenters. The molecule has 0 N–H and O–H groups in total. The highest BCUT2D eigenvalue weighted by Gasteiger charge is 2.08. The molecule has 0 aromatic carbocycles. The van der Waals surface area contributed by atoms with Gasteiger partial charge in [-0.2, -0.15) is 0 Å². The molecule has 0 radical (unpaired) electrons. The molecule has 9 heavy (non-hydrogen) atoms. The average molecular weight is 142 g/mol. The van der Waals surface area contributed by atoms with Crippen LogP contribution < -0.4 is 0 Å². The van der Waals surface area contributed by atoms with Gasteiger partial charge in [-0.15, -0.1) is 0 Å². The van der Waals surface area contributed by atoms with Gasteiger partial charge in [-0.3, -0.25) is 4.66 Å². The Hall–Kier alpha value is -0.403. The van der Waals surface area contributed by atoms with Gasteiger partial charge in [0.25, 0.3) is 0 Å². The van der Waals surface area contributed by atoms with Gasteiger partial charge < -0.3 is 0 Å². The first-order valence-corrected chi connectivity index (χ1v) is 6.64. The summed E-state index contributed by atoms with van der Waals surface area (Å²) >= 11 is 0. The van der Waals surface area contributed by atoms with Crippen LogP contribution in [0.5, 0.6) is 0 Å². The maximum atomic E-state index is 4.17. The molecular formula is C6H14N2Si. The zero-order valence-electron chi connectivity index (χ0n) is 6.60. The minimum absolute atomic E-state index is 0.786. The third kappa shape index (κ3) is 7.60. The van der Waals surface area contributed by atoms with E-state index in [9.17, 15) is 0 Å². The van der Waals surface area contributed by atoms with Crippen LogP contribution in [0.25, 0.3) is 0 Å². The molecule has 0 aromatic heterocycles. The van der Waals surface area contributed by atoms with E-state index in [1.54, 1.807) is 0 Å². The van der Waals surface area contributed by atoms with Gasteiger partial charge in [0.1, 0.15) is 0 Å². The number of hydrogen-bond acceptors (Lipinski definition) is 2. The van der Waals surface area contributed by atoms with Crippen LogP contribution >= 0.6 is 0 Å². The lowest BCUT2D eigenvalue weighted by molar-refractivity contribution is 1.14. The lowest BCUT2D eigenvalue weighted by Crippen LogP contribution is -2.15. The molecule has 0 heterocycles. The predicted octanol–water partition coefficient (Wildman–Crippen LogP) is 2.02. The van der Waals surface area contributed by atoms with Gasteiger partial charge in [0.2, 0.25) is 0 Å². The lowest BCUT2D eigenvalue weighted by atomic mass is 10.8. The van der Waals surface area contributed by atoms with Crippen molar-refractivity contribution in [1.29, 1.82) is 0 Å². The molecule has 0 fully saturated rings. The van der Waals surface area contributed by atoms with Gasteiger partial charge in [0.05, 0.1) is 6.01 Å². The standard InChI is InChI=1S/C6H14N2Si/c1-5-7-6-8-9(2,3)4/h5H2,1-4H3. The second-order valence-electron chi connectivity index (χ2n) is 2.86. The smallest absolute Gasteiger partial charge is 0.186 e. The summed E-state index contributed by atoms with van der Waals surface area (Å²) < 4.78 is 4.17. The molecule has 0 amide bonds.